The predicted molar refractivity (Wildman–Crippen MR) is 59.4 cm³/mol. The van der Waals surface area contributed by atoms with Gasteiger partial charge in [-0.15, -0.1) is 0 Å². The van der Waals surface area contributed by atoms with Gasteiger partial charge in [0.15, 0.2) is 0 Å². The minimum Gasteiger partial charge on any atom is -0.282 e. The molecule has 0 radical (unpaired) electrons. The van der Waals surface area contributed by atoms with Crippen molar-refractivity contribution in [1.82, 2.24) is 15.2 Å². The van der Waals surface area contributed by atoms with Gasteiger partial charge in [0, 0.05) is 34.1 Å². The van der Waals surface area contributed by atoms with Gasteiger partial charge in [-0.05, 0) is 24.6 Å². The van der Waals surface area contributed by atoms with Crippen LogP contribution in [-0.4, -0.2) is 15.2 Å². The van der Waals surface area contributed by atoms with Gasteiger partial charge in [-0.3, -0.25) is 10.1 Å². The molecule has 0 aliphatic rings. The lowest BCUT2D eigenvalue weighted by atomic mass is 10.1. The Kier molecular flexibility index (Phi) is 2.84. The van der Waals surface area contributed by atoms with E-state index in [1.54, 1.807) is 12.4 Å². The van der Waals surface area contributed by atoms with E-state index in [1.165, 1.54) is 0 Å². The van der Waals surface area contributed by atoms with Crippen LogP contribution in [0.4, 0.5) is 0 Å². The quantitative estimate of drug-likeness (QED) is 0.483. The first kappa shape index (κ1) is 10.2. The molecule has 2 aromatic heterocycles. The van der Waals surface area contributed by atoms with E-state index in [4.69, 9.17) is 5.53 Å². The van der Waals surface area contributed by atoms with Crippen LogP contribution >= 0.6 is 0 Å². The molecule has 0 aliphatic heterocycles. The van der Waals surface area contributed by atoms with Crippen molar-refractivity contribution < 1.29 is 0 Å². The maximum Gasteiger partial charge on any atom is 0.0972 e. The first-order valence-electron chi connectivity index (χ1n) is 4.78. The van der Waals surface area contributed by atoms with Gasteiger partial charge in [-0.1, -0.05) is 5.11 Å². The highest BCUT2D eigenvalue weighted by molar-refractivity contribution is 5.62. The largest absolute Gasteiger partial charge is 0.282 e. The summed E-state index contributed by atoms with van der Waals surface area (Å²) in [6, 6.07) is 3.76. The highest BCUT2D eigenvalue weighted by atomic mass is 15.2. The Hall–Kier alpha value is -2.33. The Morgan fingerprint density at radius 2 is 2.44 bits per heavy atom. The third-order valence-electron chi connectivity index (χ3n) is 2.30. The Bertz CT molecular complexity index is 523. The van der Waals surface area contributed by atoms with Crippen LogP contribution in [0.25, 0.3) is 21.7 Å². The summed E-state index contributed by atoms with van der Waals surface area (Å²) in [5.74, 6) is 0. The number of hydrogen-bond donors (Lipinski definition) is 1. The van der Waals surface area contributed by atoms with Crippen molar-refractivity contribution in [2.45, 2.75) is 13.5 Å². The van der Waals surface area contributed by atoms with Crippen LogP contribution in [0.5, 0.6) is 0 Å². The van der Waals surface area contributed by atoms with Gasteiger partial charge in [-0.2, -0.15) is 5.10 Å². The molecule has 0 unspecified atom stereocenters. The van der Waals surface area contributed by atoms with Crippen LogP contribution in [-0.2, 0) is 6.54 Å². The van der Waals surface area contributed by atoms with Gasteiger partial charge in [-0.25, -0.2) is 0 Å². The van der Waals surface area contributed by atoms with Crippen LogP contribution in [0.1, 0.15) is 11.3 Å². The van der Waals surface area contributed by atoms with E-state index in [0.29, 0.717) is 6.54 Å². The number of H-pyrrole nitrogens is 1. The minimum absolute atomic E-state index is 0.295. The lowest BCUT2D eigenvalue weighted by molar-refractivity contribution is 1.01. The molecule has 80 valence electrons. The van der Waals surface area contributed by atoms with Crippen molar-refractivity contribution in [3.63, 3.8) is 0 Å². The maximum atomic E-state index is 8.33. The van der Waals surface area contributed by atoms with Gasteiger partial charge in [0.1, 0.15) is 0 Å². The average Bonchev–Trinajstić information content (AvgIpc) is 2.69. The molecular formula is C10H10N6. The molecule has 0 atom stereocenters. The second-order valence-electron chi connectivity index (χ2n) is 3.31. The smallest absolute Gasteiger partial charge is 0.0972 e. The number of aryl methyl sites for hydroxylation is 1. The summed E-state index contributed by atoms with van der Waals surface area (Å²) >= 11 is 0. The summed E-state index contributed by atoms with van der Waals surface area (Å²) in [5.41, 5.74) is 11.9. The van der Waals surface area contributed by atoms with Crippen LogP contribution in [0.3, 0.4) is 0 Å². The van der Waals surface area contributed by atoms with Crippen molar-refractivity contribution in [2.24, 2.45) is 5.11 Å². The molecule has 0 saturated heterocycles. The first-order valence-corrected chi connectivity index (χ1v) is 4.78. The summed E-state index contributed by atoms with van der Waals surface area (Å²) in [6.07, 6.45) is 3.44. The fraction of sp³-hybridized carbons (Fsp3) is 0.200. The van der Waals surface area contributed by atoms with E-state index in [-0.39, 0.29) is 0 Å². The van der Waals surface area contributed by atoms with Gasteiger partial charge in [0.25, 0.3) is 0 Å². The van der Waals surface area contributed by atoms with Crippen LogP contribution in [0.15, 0.2) is 29.6 Å². The number of nitrogens with one attached hydrogen (secondary N) is 1. The Morgan fingerprint density at radius 3 is 3.12 bits per heavy atom. The monoisotopic (exact) mass is 214 g/mol. The summed E-state index contributed by atoms with van der Waals surface area (Å²) in [4.78, 5) is 6.79. The van der Waals surface area contributed by atoms with E-state index >= 15 is 0 Å². The predicted octanol–water partition coefficient (Wildman–Crippen LogP) is 2.59. The molecule has 2 rings (SSSR count). The van der Waals surface area contributed by atoms with Crippen LogP contribution < -0.4 is 0 Å². The Balaban J connectivity index is 2.45. The topological polar surface area (TPSA) is 90.3 Å². The lowest BCUT2D eigenvalue weighted by Gasteiger charge is -1.99. The van der Waals surface area contributed by atoms with Gasteiger partial charge < -0.3 is 0 Å². The second kappa shape index (κ2) is 4.46. The molecule has 2 heterocycles. The third-order valence-corrected chi connectivity index (χ3v) is 2.30. The molecule has 0 aromatic carbocycles. The lowest BCUT2D eigenvalue weighted by Crippen LogP contribution is -1.87. The standard InChI is InChI=1S/C10H10N6/c1-7-9(6-13-16-11)10(15-14-7)8-3-2-4-12-5-8/h2-5H,6H2,1H3,(H,14,15). The number of azide groups is 1. The van der Waals surface area contributed by atoms with Crippen molar-refractivity contribution in [3.8, 4) is 11.3 Å². The second-order valence-corrected chi connectivity index (χ2v) is 3.31. The Labute approximate surface area is 92.0 Å². The van der Waals surface area contributed by atoms with Gasteiger partial charge in [0.05, 0.1) is 12.2 Å². The molecule has 0 bridgehead atoms. The zero-order chi connectivity index (χ0) is 11.4. The summed E-state index contributed by atoms with van der Waals surface area (Å²) in [7, 11) is 0. The molecule has 0 fully saturated rings. The van der Waals surface area contributed by atoms with E-state index in [0.717, 1.165) is 22.5 Å². The van der Waals surface area contributed by atoms with E-state index in [9.17, 15) is 0 Å². The number of hydrogen-bond acceptors (Lipinski definition) is 3. The number of nitrogens with zero attached hydrogens (tertiary/aromatic N) is 5. The summed E-state index contributed by atoms with van der Waals surface area (Å²) < 4.78 is 0. The molecule has 6 heteroatoms. The molecule has 0 aliphatic carbocycles. The molecule has 1 N–H and O–H groups in total. The minimum atomic E-state index is 0.295. The van der Waals surface area contributed by atoms with E-state index < -0.39 is 0 Å². The zero-order valence-electron chi connectivity index (χ0n) is 8.75. The zero-order valence-corrected chi connectivity index (χ0v) is 8.75. The van der Waals surface area contributed by atoms with Crippen molar-refractivity contribution in [3.05, 3.63) is 46.2 Å². The van der Waals surface area contributed by atoms with Crippen LogP contribution in [0, 0.1) is 6.92 Å². The number of aromatic amines is 1. The van der Waals surface area contributed by atoms with Crippen molar-refractivity contribution in [1.29, 1.82) is 0 Å². The van der Waals surface area contributed by atoms with Gasteiger partial charge in [0.2, 0.25) is 0 Å². The SMILES string of the molecule is Cc1[nH]nc(-c2cccnc2)c1CN=[N+]=[N-]. The number of pyridine rings is 1. The summed E-state index contributed by atoms with van der Waals surface area (Å²) in [6.45, 7) is 2.19. The molecule has 2 aromatic rings. The highest BCUT2D eigenvalue weighted by Gasteiger charge is 2.10. The molecule has 16 heavy (non-hydrogen) atoms. The Morgan fingerprint density at radius 1 is 1.56 bits per heavy atom. The maximum absolute atomic E-state index is 8.33. The van der Waals surface area contributed by atoms with E-state index in [2.05, 4.69) is 25.2 Å². The normalized spacial score (nSPS) is 9.81. The molecule has 0 amide bonds. The molecular weight excluding hydrogens is 204 g/mol. The fourth-order valence-electron chi connectivity index (χ4n) is 1.49. The molecule has 0 saturated carbocycles. The van der Waals surface area contributed by atoms with Crippen LogP contribution in [0.2, 0.25) is 0 Å². The average molecular weight is 214 g/mol. The fourth-order valence-corrected chi connectivity index (χ4v) is 1.49. The molecule has 0 spiro atoms. The number of rotatable bonds is 3. The number of aromatic nitrogens is 3. The first-order chi connectivity index (χ1) is 7.83. The highest BCUT2D eigenvalue weighted by Crippen LogP contribution is 2.23. The van der Waals surface area contributed by atoms with Crippen molar-refractivity contribution in [2.75, 3.05) is 0 Å². The summed E-state index contributed by atoms with van der Waals surface area (Å²) in [5, 5.41) is 10.6. The van der Waals surface area contributed by atoms with E-state index in [1.807, 2.05) is 19.1 Å². The van der Waals surface area contributed by atoms with Gasteiger partial charge >= 0.3 is 0 Å². The molecule has 6 nitrogen and oxygen atoms in total. The van der Waals surface area contributed by atoms with Crippen molar-refractivity contribution >= 4 is 0 Å². The third kappa shape index (κ3) is 1.87.